The van der Waals surface area contributed by atoms with Crippen LogP contribution in [0.1, 0.15) is 42.9 Å². The van der Waals surface area contributed by atoms with E-state index in [2.05, 4.69) is 6.07 Å². The molecule has 1 unspecified atom stereocenters. The van der Waals surface area contributed by atoms with Crippen LogP contribution in [0.15, 0.2) is 18.2 Å². The lowest BCUT2D eigenvalue weighted by Gasteiger charge is -2.36. The number of carboxylic acids is 1. The highest BCUT2D eigenvalue weighted by Gasteiger charge is 2.39. The van der Waals surface area contributed by atoms with E-state index < -0.39 is 23.2 Å². The fraction of sp³-hybridized carbons (Fsp3) is 0.429. The van der Waals surface area contributed by atoms with Gasteiger partial charge in [0.25, 0.3) is 0 Å². The van der Waals surface area contributed by atoms with Crippen molar-refractivity contribution < 1.29 is 14.3 Å². The predicted molar refractivity (Wildman–Crippen MR) is 66.7 cm³/mol. The van der Waals surface area contributed by atoms with Gasteiger partial charge in [-0.05, 0) is 42.5 Å². The Balaban J connectivity index is 2.35. The fourth-order valence-corrected chi connectivity index (χ4v) is 2.40. The van der Waals surface area contributed by atoms with Crippen LogP contribution in [0.25, 0.3) is 0 Å². The number of hydrogen-bond donors (Lipinski definition) is 2. The first-order chi connectivity index (χ1) is 8.97. The molecule has 4 nitrogen and oxygen atoms in total. The van der Waals surface area contributed by atoms with Gasteiger partial charge in [-0.1, -0.05) is 6.07 Å². The van der Waals surface area contributed by atoms with Crippen LogP contribution in [0.5, 0.6) is 0 Å². The lowest BCUT2D eigenvalue weighted by molar-refractivity contribution is -0.137. The molecule has 100 valence electrons. The number of nitriles is 1. The molecule has 0 bridgehead atoms. The molecule has 1 aliphatic carbocycles. The van der Waals surface area contributed by atoms with Gasteiger partial charge in [0.05, 0.1) is 17.9 Å². The predicted octanol–water partition coefficient (Wildman–Crippen LogP) is 2.25. The normalized spacial score (nSPS) is 18.2. The molecule has 0 radical (unpaired) electrons. The summed E-state index contributed by atoms with van der Waals surface area (Å²) in [5, 5.41) is 18.0. The first kappa shape index (κ1) is 13.5. The topological polar surface area (TPSA) is 87.1 Å². The third-order valence-electron chi connectivity index (χ3n) is 3.72. The number of aliphatic carboxylic acids is 1. The van der Waals surface area contributed by atoms with Gasteiger partial charge < -0.3 is 10.8 Å². The number of halogens is 1. The van der Waals surface area contributed by atoms with Crippen molar-refractivity contribution in [2.75, 3.05) is 0 Å². The van der Waals surface area contributed by atoms with E-state index in [0.717, 1.165) is 6.42 Å². The molecule has 1 aromatic rings. The van der Waals surface area contributed by atoms with Crippen LogP contribution < -0.4 is 5.73 Å². The molecule has 1 aromatic carbocycles. The Hall–Kier alpha value is -1.93. The third kappa shape index (κ3) is 2.59. The SMILES string of the molecule is N#CC1(c2cc(F)cc(C(N)CC(=O)O)c2)CCC1. The van der Waals surface area contributed by atoms with Gasteiger partial charge in [0, 0.05) is 6.04 Å². The fourth-order valence-electron chi connectivity index (χ4n) is 2.40. The molecular formula is C14H15FN2O2. The van der Waals surface area contributed by atoms with E-state index >= 15 is 0 Å². The van der Waals surface area contributed by atoms with Crippen molar-refractivity contribution in [3.63, 3.8) is 0 Å². The van der Waals surface area contributed by atoms with Crippen molar-refractivity contribution in [2.45, 2.75) is 37.1 Å². The van der Waals surface area contributed by atoms with E-state index in [-0.39, 0.29) is 6.42 Å². The quantitative estimate of drug-likeness (QED) is 0.871. The Morgan fingerprint density at radius 1 is 1.53 bits per heavy atom. The lowest BCUT2D eigenvalue weighted by atomic mass is 9.65. The van der Waals surface area contributed by atoms with Gasteiger partial charge in [-0.2, -0.15) is 5.26 Å². The Kier molecular flexibility index (Phi) is 3.54. The summed E-state index contributed by atoms with van der Waals surface area (Å²) in [5.74, 6) is -1.51. The molecule has 0 aliphatic heterocycles. The molecule has 0 heterocycles. The maximum absolute atomic E-state index is 13.6. The summed E-state index contributed by atoms with van der Waals surface area (Å²) in [5.41, 5.74) is 6.16. The molecule has 1 aliphatic rings. The summed E-state index contributed by atoms with van der Waals surface area (Å²) < 4.78 is 13.6. The largest absolute Gasteiger partial charge is 0.481 e. The highest BCUT2D eigenvalue weighted by atomic mass is 19.1. The molecule has 0 spiro atoms. The molecule has 1 atom stereocenters. The van der Waals surface area contributed by atoms with Crippen molar-refractivity contribution in [1.82, 2.24) is 0 Å². The highest BCUT2D eigenvalue weighted by molar-refractivity contribution is 5.68. The summed E-state index contributed by atoms with van der Waals surface area (Å²) in [6, 6.07) is 5.73. The zero-order valence-corrected chi connectivity index (χ0v) is 10.4. The molecule has 2 rings (SSSR count). The smallest absolute Gasteiger partial charge is 0.305 e. The number of carbonyl (C=O) groups is 1. The molecule has 3 N–H and O–H groups in total. The molecule has 0 saturated heterocycles. The molecule has 5 heteroatoms. The zero-order chi connectivity index (χ0) is 14.0. The second kappa shape index (κ2) is 4.98. The van der Waals surface area contributed by atoms with Crippen molar-refractivity contribution >= 4 is 5.97 Å². The molecule has 1 saturated carbocycles. The van der Waals surface area contributed by atoms with Crippen molar-refractivity contribution in [3.05, 3.63) is 35.1 Å². The first-order valence-electron chi connectivity index (χ1n) is 6.16. The second-order valence-corrected chi connectivity index (χ2v) is 5.03. The number of benzene rings is 1. The number of nitrogens with two attached hydrogens (primary N) is 1. The molecule has 0 aromatic heterocycles. The van der Waals surface area contributed by atoms with Crippen LogP contribution in [-0.4, -0.2) is 11.1 Å². The Morgan fingerprint density at radius 2 is 2.21 bits per heavy atom. The van der Waals surface area contributed by atoms with E-state index in [1.807, 2.05) is 0 Å². The van der Waals surface area contributed by atoms with Gasteiger partial charge in [0.15, 0.2) is 0 Å². The standard InChI is InChI=1S/C14H15FN2O2/c15-11-5-9(12(17)7-13(18)19)4-10(6-11)14(8-16)2-1-3-14/h4-6,12H,1-3,7,17H2,(H,18,19). The number of hydrogen-bond acceptors (Lipinski definition) is 3. The van der Waals surface area contributed by atoms with E-state index in [4.69, 9.17) is 10.8 Å². The molecule has 1 fully saturated rings. The number of rotatable bonds is 4. The van der Waals surface area contributed by atoms with Crippen LogP contribution in [0.2, 0.25) is 0 Å². The van der Waals surface area contributed by atoms with Crippen LogP contribution in [-0.2, 0) is 10.2 Å². The maximum Gasteiger partial charge on any atom is 0.305 e. The maximum atomic E-state index is 13.6. The Labute approximate surface area is 110 Å². The summed E-state index contributed by atoms with van der Waals surface area (Å²) in [6.07, 6.45) is 2.10. The molecule has 19 heavy (non-hydrogen) atoms. The van der Waals surface area contributed by atoms with Crippen LogP contribution in [0.4, 0.5) is 4.39 Å². The van der Waals surface area contributed by atoms with E-state index in [9.17, 15) is 14.4 Å². The highest BCUT2D eigenvalue weighted by Crippen LogP contribution is 2.43. The summed E-state index contributed by atoms with van der Waals surface area (Å²) in [6.45, 7) is 0. The van der Waals surface area contributed by atoms with Crippen LogP contribution in [0, 0.1) is 17.1 Å². The minimum absolute atomic E-state index is 0.261. The van der Waals surface area contributed by atoms with Gasteiger partial charge in [0.2, 0.25) is 0 Å². The second-order valence-electron chi connectivity index (χ2n) is 5.03. The lowest BCUT2D eigenvalue weighted by Crippen LogP contribution is -2.32. The molecular weight excluding hydrogens is 247 g/mol. The first-order valence-corrected chi connectivity index (χ1v) is 6.16. The van der Waals surface area contributed by atoms with Gasteiger partial charge >= 0.3 is 5.97 Å². The Morgan fingerprint density at radius 3 is 2.68 bits per heavy atom. The van der Waals surface area contributed by atoms with Gasteiger partial charge in [-0.25, -0.2) is 4.39 Å². The minimum atomic E-state index is -1.03. The van der Waals surface area contributed by atoms with E-state index in [0.29, 0.717) is 24.0 Å². The van der Waals surface area contributed by atoms with Gasteiger partial charge in [-0.3, -0.25) is 4.79 Å². The van der Waals surface area contributed by atoms with E-state index in [1.165, 1.54) is 12.1 Å². The van der Waals surface area contributed by atoms with Crippen molar-refractivity contribution in [1.29, 1.82) is 5.26 Å². The minimum Gasteiger partial charge on any atom is -0.481 e. The van der Waals surface area contributed by atoms with Crippen molar-refractivity contribution in [3.8, 4) is 6.07 Å². The Bertz CT molecular complexity index is 547. The average Bonchev–Trinajstić information content (AvgIpc) is 2.26. The van der Waals surface area contributed by atoms with Gasteiger partial charge in [-0.15, -0.1) is 0 Å². The van der Waals surface area contributed by atoms with Crippen molar-refractivity contribution in [2.24, 2.45) is 5.73 Å². The van der Waals surface area contributed by atoms with Crippen LogP contribution in [0.3, 0.4) is 0 Å². The number of nitrogens with zero attached hydrogens (tertiary/aromatic N) is 1. The van der Waals surface area contributed by atoms with E-state index in [1.54, 1.807) is 6.07 Å². The monoisotopic (exact) mass is 262 g/mol. The molecule has 0 amide bonds. The average molecular weight is 262 g/mol. The zero-order valence-electron chi connectivity index (χ0n) is 10.4. The van der Waals surface area contributed by atoms with Gasteiger partial charge in [0.1, 0.15) is 5.82 Å². The summed E-state index contributed by atoms with van der Waals surface area (Å²) in [4.78, 5) is 10.6. The summed E-state index contributed by atoms with van der Waals surface area (Å²) >= 11 is 0. The summed E-state index contributed by atoms with van der Waals surface area (Å²) in [7, 11) is 0. The third-order valence-corrected chi connectivity index (χ3v) is 3.72. The van der Waals surface area contributed by atoms with Crippen LogP contribution >= 0.6 is 0 Å². The number of carboxylic acid groups (broad SMARTS) is 1.